The summed E-state index contributed by atoms with van der Waals surface area (Å²) in [6.07, 6.45) is 10.2. The molecule has 25 heavy (non-hydrogen) atoms. The van der Waals surface area contributed by atoms with Crippen LogP contribution in [0.25, 0.3) is 0 Å². The predicted molar refractivity (Wildman–Crippen MR) is 96.3 cm³/mol. The molecule has 2 aliphatic heterocycles. The van der Waals surface area contributed by atoms with Gasteiger partial charge in [-0.15, -0.1) is 0 Å². The van der Waals surface area contributed by atoms with Gasteiger partial charge in [-0.25, -0.2) is 4.79 Å². The van der Waals surface area contributed by atoms with Crippen LogP contribution < -0.4 is 5.32 Å². The summed E-state index contributed by atoms with van der Waals surface area (Å²) in [5.74, 6) is 0.326. The van der Waals surface area contributed by atoms with Gasteiger partial charge in [0.05, 0.1) is 13.2 Å². The summed E-state index contributed by atoms with van der Waals surface area (Å²) < 4.78 is 5.32. The molecule has 1 N–H and O–H groups in total. The van der Waals surface area contributed by atoms with Crippen LogP contribution in [0.1, 0.15) is 57.8 Å². The molecule has 0 unspecified atom stereocenters. The highest BCUT2D eigenvalue weighted by molar-refractivity contribution is 5.80. The van der Waals surface area contributed by atoms with Gasteiger partial charge in [-0.3, -0.25) is 4.79 Å². The second-order valence-electron chi connectivity index (χ2n) is 7.69. The number of rotatable bonds is 2. The minimum Gasteiger partial charge on any atom is -0.378 e. The van der Waals surface area contributed by atoms with Gasteiger partial charge in [0.2, 0.25) is 5.91 Å². The van der Waals surface area contributed by atoms with Crippen molar-refractivity contribution >= 4 is 11.9 Å². The summed E-state index contributed by atoms with van der Waals surface area (Å²) in [4.78, 5) is 28.9. The molecule has 2 heterocycles. The highest BCUT2D eigenvalue weighted by atomic mass is 16.5. The van der Waals surface area contributed by atoms with Crippen molar-refractivity contribution in [3.63, 3.8) is 0 Å². The van der Waals surface area contributed by atoms with Crippen molar-refractivity contribution in [2.75, 3.05) is 39.4 Å². The standard InChI is InChI=1S/C19H33N3O3/c23-18(21-12-14-25-15-13-21)16-8-10-22(11-9-16)19(24)20-17-6-4-2-1-3-5-7-17/h16-17H,1-15H2,(H,20,24). The zero-order valence-corrected chi connectivity index (χ0v) is 15.4. The number of ether oxygens (including phenoxy) is 1. The van der Waals surface area contributed by atoms with E-state index in [0.29, 0.717) is 45.4 Å². The molecule has 3 aliphatic rings. The van der Waals surface area contributed by atoms with Crippen molar-refractivity contribution in [1.29, 1.82) is 0 Å². The third kappa shape index (κ3) is 5.33. The molecule has 2 saturated heterocycles. The highest BCUT2D eigenvalue weighted by Gasteiger charge is 2.31. The number of hydrogen-bond acceptors (Lipinski definition) is 3. The second-order valence-corrected chi connectivity index (χ2v) is 7.69. The summed E-state index contributed by atoms with van der Waals surface area (Å²) in [6, 6.07) is 0.406. The fourth-order valence-electron chi connectivity index (χ4n) is 4.24. The van der Waals surface area contributed by atoms with Gasteiger partial charge in [0.25, 0.3) is 0 Å². The molecule has 0 aromatic heterocycles. The fraction of sp³-hybridized carbons (Fsp3) is 0.895. The van der Waals surface area contributed by atoms with Gasteiger partial charge in [0, 0.05) is 38.1 Å². The molecule has 142 valence electrons. The van der Waals surface area contributed by atoms with E-state index in [0.717, 1.165) is 25.7 Å². The number of urea groups is 1. The van der Waals surface area contributed by atoms with Gasteiger partial charge in [0.1, 0.15) is 0 Å². The van der Waals surface area contributed by atoms with E-state index in [2.05, 4.69) is 5.32 Å². The van der Waals surface area contributed by atoms with E-state index in [4.69, 9.17) is 4.74 Å². The van der Waals surface area contributed by atoms with E-state index < -0.39 is 0 Å². The summed E-state index contributed by atoms with van der Waals surface area (Å²) in [6.45, 7) is 4.10. The number of likely N-dealkylation sites (tertiary alicyclic amines) is 1. The number of carbonyl (C=O) groups is 2. The molecule has 3 amide bonds. The molecule has 0 aromatic rings. The average molecular weight is 351 g/mol. The zero-order valence-electron chi connectivity index (χ0n) is 15.4. The Morgan fingerprint density at radius 2 is 1.36 bits per heavy atom. The van der Waals surface area contributed by atoms with Gasteiger partial charge >= 0.3 is 6.03 Å². The SMILES string of the molecule is O=C(NC1CCCCCCC1)N1CCC(C(=O)N2CCOCC2)CC1. The van der Waals surface area contributed by atoms with Crippen molar-refractivity contribution in [2.24, 2.45) is 5.92 Å². The highest BCUT2D eigenvalue weighted by Crippen LogP contribution is 2.21. The molecule has 3 rings (SSSR count). The fourth-order valence-corrected chi connectivity index (χ4v) is 4.24. The van der Waals surface area contributed by atoms with E-state index >= 15 is 0 Å². The van der Waals surface area contributed by atoms with E-state index in [-0.39, 0.29) is 17.9 Å². The first-order chi connectivity index (χ1) is 12.2. The van der Waals surface area contributed by atoms with Crippen LogP contribution in [-0.2, 0) is 9.53 Å². The molecule has 0 atom stereocenters. The number of hydrogen-bond donors (Lipinski definition) is 1. The summed E-state index contributed by atoms with van der Waals surface area (Å²) in [5.41, 5.74) is 0. The molecular weight excluding hydrogens is 318 g/mol. The summed E-state index contributed by atoms with van der Waals surface area (Å²) >= 11 is 0. The van der Waals surface area contributed by atoms with Crippen molar-refractivity contribution in [1.82, 2.24) is 15.1 Å². The first-order valence-electron chi connectivity index (χ1n) is 10.2. The minimum atomic E-state index is 0.0721. The molecule has 1 saturated carbocycles. The Balaban J connectivity index is 1.41. The molecule has 3 fully saturated rings. The van der Waals surface area contributed by atoms with Crippen LogP contribution in [0.15, 0.2) is 0 Å². The number of amides is 3. The third-order valence-corrected chi connectivity index (χ3v) is 5.89. The van der Waals surface area contributed by atoms with E-state index in [9.17, 15) is 9.59 Å². The number of piperidine rings is 1. The Labute approximate surface area is 151 Å². The van der Waals surface area contributed by atoms with Crippen LogP contribution in [-0.4, -0.2) is 67.2 Å². The van der Waals surface area contributed by atoms with Crippen LogP contribution in [0.5, 0.6) is 0 Å². The lowest BCUT2D eigenvalue weighted by molar-refractivity contribution is -0.141. The number of nitrogens with one attached hydrogen (secondary N) is 1. The maximum absolute atomic E-state index is 12.6. The lowest BCUT2D eigenvalue weighted by atomic mass is 9.95. The van der Waals surface area contributed by atoms with Crippen LogP contribution in [0.3, 0.4) is 0 Å². The molecule has 0 spiro atoms. The predicted octanol–water partition coefficient (Wildman–Crippen LogP) is 2.38. The van der Waals surface area contributed by atoms with Crippen LogP contribution >= 0.6 is 0 Å². The van der Waals surface area contributed by atoms with Crippen LogP contribution in [0.2, 0.25) is 0 Å². The maximum atomic E-state index is 12.6. The largest absolute Gasteiger partial charge is 0.378 e. The second kappa shape index (κ2) is 9.41. The van der Waals surface area contributed by atoms with Gasteiger partial charge in [-0.2, -0.15) is 0 Å². The Hall–Kier alpha value is -1.30. The normalized spacial score (nSPS) is 24.5. The Morgan fingerprint density at radius 3 is 2.00 bits per heavy atom. The first kappa shape index (κ1) is 18.5. The first-order valence-corrected chi connectivity index (χ1v) is 10.2. The average Bonchev–Trinajstić information content (AvgIpc) is 2.64. The van der Waals surface area contributed by atoms with Crippen molar-refractivity contribution in [3.8, 4) is 0 Å². The Bertz CT molecular complexity index is 435. The topological polar surface area (TPSA) is 61.9 Å². The van der Waals surface area contributed by atoms with Gasteiger partial charge in [-0.1, -0.05) is 32.1 Å². The Kier molecular flexibility index (Phi) is 6.96. The molecular formula is C19H33N3O3. The van der Waals surface area contributed by atoms with Gasteiger partial charge < -0.3 is 19.9 Å². The number of carbonyl (C=O) groups excluding carboxylic acids is 2. The zero-order chi connectivity index (χ0) is 17.5. The lowest BCUT2D eigenvalue weighted by Gasteiger charge is -2.36. The van der Waals surface area contributed by atoms with E-state index in [1.807, 2.05) is 9.80 Å². The quantitative estimate of drug-likeness (QED) is 0.831. The molecule has 0 radical (unpaired) electrons. The number of morpholine rings is 1. The molecule has 1 aliphatic carbocycles. The van der Waals surface area contributed by atoms with Crippen molar-refractivity contribution < 1.29 is 14.3 Å². The van der Waals surface area contributed by atoms with Gasteiger partial charge in [-0.05, 0) is 25.7 Å². The van der Waals surface area contributed by atoms with Crippen molar-refractivity contribution in [3.05, 3.63) is 0 Å². The smallest absolute Gasteiger partial charge is 0.317 e. The van der Waals surface area contributed by atoms with Crippen molar-refractivity contribution in [2.45, 2.75) is 63.8 Å². The van der Waals surface area contributed by atoms with E-state index in [1.165, 1.54) is 32.1 Å². The van der Waals surface area contributed by atoms with E-state index in [1.54, 1.807) is 0 Å². The lowest BCUT2D eigenvalue weighted by Crippen LogP contribution is -2.51. The monoisotopic (exact) mass is 351 g/mol. The third-order valence-electron chi connectivity index (χ3n) is 5.89. The summed E-state index contributed by atoms with van der Waals surface area (Å²) in [7, 11) is 0. The molecule has 6 nitrogen and oxygen atoms in total. The number of nitrogens with zero attached hydrogens (tertiary/aromatic N) is 2. The summed E-state index contributed by atoms with van der Waals surface area (Å²) in [5, 5.41) is 3.24. The molecule has 6 heteroatoms. The maximum Gasteiger partial charge on any atom is 0.317 e. The minimum absolute atomic E-state index is 0.0721. The van der Waals surface area contributed by atoms with Crippen LogP contribution in [0, 0.1) is 5.92 Å². The van der Waals surface area contributed by atoms with Gasteiger partial charge in [0.15, 0.2) is 0 Å². The van der Waals surface area contributed by atoms with Crippen LogP contribution in [0.4, 0.5) is 4.79 Å². The molecule has 0 bridgehead atoms. The molecule has 0 aromatic carbocycles. The Morgan fingerprint density at radius 1 is 0.760 bits per heavy atom.